The van der Waals surface area contributed by atoms with Crippen LogP contribution in [0.5, 0.6) is 0 Å². The van der Waals surface area contributed by atoms with Crippen molar-refractivity contribution in [2.24, 2.45) is 52.3 Å². The predicted molar refractivity (Wildman–Crippen MR) is 185 cm³/mol. The molecular formula is C39H62O15. The summed E-state index contributed by atoms with van der Waals surface area (Å²) in [5, 5.41) is 84.4. The SMILES string of the molecule is C[C@@H]1CC[C@@]2(OC1)O[C@@H]1C[C@@H]3[C@H]4CC[C@@H]5C[C@@H](O[C@@H]6O[C@H](CO)[C@H](O)[C@H](O)[C@H]6O[C@@H]6O[C@H](CO)[C@@H](O)[C@H](O)[C@H]6O)[C@@H](O)C[C@]5(C)[C@@H]4CC(=O)[C@]3(C)[C@@H]1[C@@H]2C. The largest absolute Gasteiger partial charge is 0.394 e. The number of hydrogen-bond donors (Lipinski definition) is 8. The number of ketones is 1. The summed E-state index contributed by atoms with van der Waals surface area (Å²) in [5.74, 6) is 1.08. The van der Waals surface area contributed by atoms with Crippen LogP contribution < -0.4 is 0 Å². The monoisotopic (exact) mass is 770 g/mol. The number of aliphatic hydroxyl groups is 8. The molecule has 0 unspecified atom stereocenters. The Labute approximate surface area is 316 Å². The van der Waals surface area contributed by atoms with Crippen LogP contribution in [0, 0.1) is 52.3 Å². The summed E-state index contributed by atoms with van der Waals surface area (Å²) in [4.78, 5) is 14.6. The third kappa shape index (κ3) is 6.01. The molecule has 8 N–H and O–H groups in total. The van der Waals surface area contributed by atoms with Crippen LogP contribution in [0.4, 0.5) is 0 Å². The predicted octanol–water partition coefficient (Wildman–Crippen LogP) is -0.408. The Bertz CT molecular complexity index is 1370. The second kappa shape index (κ2) is 14.4. The van der Waals surface area contributed by atoms with E-state index in [2.05, 4.69) is 27.7 Å². The molecule has 8 fully saturated rings. The standard InChI is InChI=1S/C39H62O15/c1-16-7-8-39(49-15-16)17(2)28-24(54-39)10-21-19-6-5-18-9-23(22(42)12-37(18,3)20(19)11-27(43)38(21,28)4)50-36-34(32(47)30(45)26(14-41)52-36)53-35-33(48)31(46)29(44)25(13-40)51-35/h16-26,28-36,40-42,44-48H,5-15H2,1-4H3/t16-,17+,18-,19+,20-,21-,22+,23-,24-,25-,26-,28-,29-,30+,31+,32+,33-,34-,35+,36-,37+,38-,39-/m1/s1. The fraction of sp³-hybridized carbons (Fsp3) is 0.974. The van der Waals surface area contributed by atoms with E-state index in [1.54, 1.807) is 0 Å². The van der Waals surface area contributed by atoms with Crippen molar-refractivity contribution in [2.75, 3.05) is 19.8 Å². The summed E-state index contributed by atoms with van der Waals surface area (Å²) < 4.78 is 36.9. The maximum atomic E-state index is 14.6. The average molecular weight is 771 g/mol. The molecule has 23 atom stereocenters. The Kier molecular flexibility index (Phi) is 10.7. The third-order valence-electron chi connectivity index (χ3n) is 16.1. The zero-order chi connectivity index (χ0) is 38.6. The van der Waals surface area contributed by atoms with Crippen molar-refractivity contribution >= 4 is 5.78 Å². The van der Waals surface area contributed by atoms with Crippen LogP contribution in [0.2, 0.25) is 0 Å². The maximum Gasteiger partial charge on any atom is 0.187 e. The molecule has 15 nitrogen and oxygen atoms in total. The minimum absolute atomic E-state index is 0.0170. The van der Waals surface area contributed by atoms with Gasteiger partial charge in [0.2, 0.25) is 0 Å². The lowest BCUT2D eigenvalue weighted by Crippen LogP contribution is -2.65. The molecule has 4 aliphatic heterocycles. The van der Waals surface area contributed by atoms with Crippen LogP contribution in [0.1, 0.15) is 79.1 Å². The van der Waals surface area contributed by atoms with Crippen molar-refractivity contribution in [1.82, 2.24) is 0 Å². The lowest BCUT2D eigenvalue weighted by Gasteiger charge is -2.61. The van der Waals surface area contributed by atoms with Gasteiger partial charge in [0.05, 0.1) is 38.1 Å². The average Bonchev–Trinajstić information content (AvgIpc) is 3.59. The number of carbonyl (C=O) groups excluding carboxylic acids is 1. The normalized spacial score (nSPS) is 58.7. The minimum atomic E-state index is -1.79. The molecule has 8 aliphatic rings. The molecule has 54 heavy (non-hydrogen) atoms. The summed E-state index contributed by atoms with van der Waals surface area (Å²) in [7, 11) is 0. The first-order valence-electron chi connectivity index (χ1n) is 20.3. The van der Waals surface area contributed by atoms with Gasteiger partial charge >= 0.3 is 0 Å². The summed E-state index contributed by atoms with van der Waals surface area (Å²) in [6.45, 7) is 8.14. The molecular weight excluding hydrogens is 708 g/mol. The molecule has 0 amide bonds. The Morgan fingerprint density at radius 3 is 2.15 bits per heavy atom. The third-order valence-corrected chi connectivity index (χ3v) is 16.1. The Hall–Kier alpha value is -0.890. The van der Waals surface area contributed by atoms with E-state index in [9.17, 15) is 45.6 Å². The highest BCUT2D eigenvalue weighted by Gasteiger charge is 2.72. The van der Waals surface area contributed by atoms with E-state index in [0.29, 0.717) is 43.5 Å². The van der Waals surface area contributed by atoms with Gasteiger partial charge in [0.25, 0.3) is 0 Å². The fourth-order valence-electron chi connectivity index (χ4n) is 12.9. The van der Waals surface area contributed by atoms with E-state index in [4.69, 9.17) is 28.4 Å². The molecule has 4 saturated carbocycles. The van der Waals surface area contributed by atoms with E-state index in [-0.39, 0.29) is 41.1 Å². The Morgan fingerprint density at radius 1 is 0.796 bits per heavy atom. The van der Waals surface area contributed by atoms with Gasteiger partial charge in [-0.2, -0.15) is 0 Å². The minimum Gasteiger partial charge on any atom is -0.394 e. The number of hydrogen-bond acceptors (Lipinski definition) is 15. The molecule has 1 spiro atoms. The highest BCUT2D eigenvalue weighted by molar-refractivity contribution is 5.87. The quantitative estimate of drug-likeness (QED) is 0.161. The van der Waals surface area contributed by atoms with E-state index in [1.807, 2.05) is 0 Å². The number of fused-ring (bicyclic) bond motifs is 7. The van der Waals surface area contributed by atoms with Crippen molar-refractivity contribution in [1.29, 1.82) is 0 Å². The van der Waals surface area contributed by atoms with Crippen molar-refractivity contribution in [3.63, 3.8) is 0 Å². The van der Waals surface area contributed by atoms with E-state index in [1.165, 1.54) is 0 Å². The van der Waals surface area contributed by atoms with Gasteiger partial charge in [-0.05, 0) is 73.5 Å². The second-order valence-corrected chi connectivity index (χ2v) is 18.7. The lowest BCUT2D eigenvalue weighted by molar-refractivity contribution is -0.376. The van der Waals surface area contributed by atoms with Gasteiger partial charge in [0.1, 0.15) is 54.6 Å². The molecule has 4 saturated heterocycles. The van der Waals surface area contributed by atoms with Crippen LogP contribution in [0.25, 0.3) is 0 Å². The topological polar surface area (TPSA) is 234 Å². The number of carbonyl (C=O) groups is 1. The van der Waals surface area contributed by atoms with Gasteiger partial charge in [-0.1, -0.05) is 27.7 Å². The van der Waals surface area contributed by atoms with Crippen molar-refractivity contribution in [3.05, 3.63) is 0 Å². The van der Waals surface area contributed by atoms with Crippen LogP contribution >= 0.6 is 0 Å². The highest BCUT2D eigenvalue weighted by Crippen LogP contribution is 2.70. The number of rotatable bonds is 6. The molecule has 4 aliphatic carbocycles. The second-order valence-electron chi connectivity index (χ2n) is 18.7. The molecule has 0 aromatic rings. The molecule has 8 rings (SSSR count). The molecule has 0 bridgehead atoms. The molecule has 0 radical (unpaired) electrons. The maximum absolute atomic E-state index is 14.6. The molecule has 308 valence electrons. The van der Waals surface area contributed by atoms with E-state index in [0.717, 1.165) is 32.1 Å². The van der Waals surface area contributed by atoms with Crippen molar-refractivity contribution in [3.8, 4) is 0 Å². The van der Waals surface area contributed by atoms with Crippen molar-refractivity contribution < 1.29 is 74.1 Å². The smallest absolute Gasteiger partial charge is 0.187 e. The van der Waals surface area contributed by atoms with Gasteiger partial charge in [-0.25, -0.2) is 0 Å². The van der Waals surface area contributed by atoms with Gasteiger partial charge in [0.15, 0.2) is 18.4 Å². The number of Topliss-reactive ketones (excluding diaryl/α,β-unsaturated/α-hetero) is 1. The molecule has 4 heterocycles. The zero-order valence-electron chi connectivity index (χ0n) is 31.8. The van der Waals surface area contributed by atoms with Crippen LogP contribution in [-0.4, -0.2) is 152 Å². The summed E-state index contributed by atoms with van der Waals surface area (Å²) in [6, 6.07) is 0. The van der Waals surface area contributed by atoms with Gasteiger partial charge in [-0.15, -0.1) is 0 Å². The first-order chi connectivity index (χ1) is 25.6. The Balaban J connectivity index is 0.980. The summed E-state index contributed by atoms with van der Waals surface area (Å²) in [6.07, 6.45) is -11.7. The molecule has 0 aromatic heterocycles. The zero-order valence-corrected chi connectivity index (χ0v) is 31.8. The van der Waals surface area contributed by atoms with Gasteiger partial charge in [0, 0.05) is 30.1 Å². The summed E-state index contributed by atoms with van der Waals surface area (Å²) in [5.41, 5.74) is -0.845. The van der Waals surface area contributed by atoms with Gasteiger partial charge < -0.3 is 69.3 Å². The van der Waals surface area contributed by atoms with E-state index < -0.39 is 98.0 Å². The first-order valence-corrected chi connectivity index (χ1v) is 20.3. The van der Waals surface area contributed by atoms with E-state index >= 15 is 0 Å². The Morgan fingerprint density at radius 2 is 1.48 bits per heavy atom. The first kappa shape index (κ1) is 39.9. The van der Waals surface area contributed by atoms with Crippen molar-refractivity contribution in [2.45, 2.75) is 165 Å². The molecule has 0 aromatic carbocycles. The van der Waals surface area contributed by atoms with Crippen LogP contribution in [-0.2, 0) is 33.2 Å². The number of aliphatic hydroxyl groups excluding tert-OH is 8. The number of ether oxygens (including phenoxy) is 6. The van der Waals surface area contributed by atoms with Crippen LogP contribution in [0.15, 0.2) is 0 Å². The van der Waals surface area contributed by atoms with Crippen LogP contribution in [0.3, 0.4) is 0 Å². The lowest BCUT2D eigenvalue weighted by atomic mass is 9.43. The van der Waals surface area contributed by atoms with Gasteiger partial charge in [-0.3, -0.25) is 4.79 Å². The fourth-order valence-corrected chi connectivity index (χ4v) is 12.9. The molecule has 15 heteroatoms. The highest BCUT2D eigenvalue weighted by atomic mass is 16.8. The summed E-state index contributed by atoms with van der Waals surface area (Å²) >= 11 is 0.